The monoisotopic (exact) mass is 247 g/mol. The molecule has 0 spiro atoms. The van der Waals surface area contributed by atoms with Gasteiger partial charge in [0.2, 0.25) is 0 Å². The first kappa shape index (κ1) is 12.1. The van der Waals surface area contributed by atoms with E-state index in [4.69, 9.17) is 15.5 Å². The summed E-state index contributed by atoms with van der Waals surface area (Å²) in [5.41, 5.74) is 8.24. The lowest BCUT2D eigenvalue weighted by molar-refractivity contribution is -0.0848. The molecule has 1 saturated carbocycles. The van der Waals surface area contributed by atoms with Crippen LogP contribution >= 0.6 is 0 Å². The van der Waals surface area contributed by atoms with Crippen LogP contribution in [0.3, 0.4) is 0 Å². The summed E-state index contributed by atoms with van der Waals surface area (Å²) in [4.78, 5) is 9.31. The van der Waals surface area contributed by atoms with Crippen LogP contribution in [0.25, 0.3) is 0 Å². The van der Waals surface area contributed by atoms with Gasteiger partial charge in [-0.1, -0.05) is 6.42 Å². The van der Waals surface area contributed by atoms with Crippen molar-refractivity contribution in [3.05, 3.63) is 23.3 Å². The van der Waals surface area contributed by atoms with Gasteiger partial charge in [0, 0.05) is 30.6 Å². The normalized spacial score (nSPS) is 26.0. The van der Waals surface area contributed by atoms with Crippen molar-refractivity contribution >= 4 is 0 Å². The predicted molar refractivity (Wildman–Crippen MR) is 69.1 cm³/mol. The van der Waals surface area contributed by atoms with Crippen LogP contribution in [0, 0.1) is 0 Å². The number of hydrogen-bond acceptors (Lipinski definition) is 4. The van der Waals surface area contributed by atoms with Gasteiger partial charge in [0.25, 0.3) is 0 Å². The number of aryl methyl sites for hydroxylation is 1. The zero-order valence-electron chi connectivity index (χ0n) is 11.0. The maximum absolute atomic E-state index is 6.17. The molecule has 1 aromatic rings. The Hall–Kier alpha value is -1.00. The number of ether oxygens (including phenoxy) is 1. The molecule has 4 nitrogen and oxygen atoms in total. The predicted octanol–water partition coefficient (Wildman–Crippen LogP) is 2.23. The van der Waals surface area contributed by atoms with Gasteiger partial charge in [-0.25, -0.2) is 9.97 Å². The van der Waals surface area contributed by atoms with Crippen molar-refractivity contribution in [3.8, 4) is 0 Å². The number of fused-ring (bicyclic) bond motifs is 1. The Balaban J connectivity index is 1.97. The molecule has 98 valence electrons. The maximum Gasteiger partial charge on any atom is 0.160 e. The van der Waals surface area contributed by atoms with Gasteiger partial charge in [0.05, 0.1) is 0 Å². The minimum absolute atomic E-state index is 0.108. The van der Waals surface area contributed by atoms with E-state index in [1.54, 1.807) is 7.11 Å². The molecule has 0 aliphatic heterocycles. The van der Waals surface area contributed by atoms with Crippen LogP contribution in [0.4, 0.5) is 0 Å². The van der Waals surface area contributed by atoms with Crippen molar-refractivity contribution in [2.24, 2.45) is 5.73 Å². The number of rotatable bonds is 2. The molecule has 3 rings (SSSR count). The van der Waals surface area contributed by atoms with Crippen LogP contribution in [0.2, 0.25) is 0 Å². The molecule has 2 N–H and O–H groups in total. The fourth-order valence-corrected chi connectivity index (χ4v) is 2.99. The second-order valence-corrected chi connectivity index (χ2v) is 5.50. The first-order valence-corrected chi connectivity index (χ1v) is 6.92. The molecule has 0 aromatic carbocycles. The lowest BCUT2D eigenvalue weighted by atomic mass is 9.79. The van der Waals surface area contributed by atoms with E-state index in [-0.39, 0.29) is 11.6 Å². The molecular weight excluding hydrogens is 226 g/mol. The molecule has 2 aliphatic rings. The minimum atomic E-state index is -0.217. The summed E-state index contributed by atoms with van der Waals surface area (Å²) >= 11 is 0. The van der Waals surface area contributed by atoms with Crippen LogP contribution in [0.1, 0.15) is 61.6 Å². The molecule has 2 aliphatic carbocycles. The Morgan fingerprint density at radius 3 is 2.83 bits per heavy atom. The molecule has 0 amide bonds. The highest BCUT2D eigenvalue weighted by Crippen LogP contribution is 2.43. The third kappa shape index (κ3) is 1.84. The number of hydrogen-bond donors (Lipinski definition) is 1. The quantitative estimate of drug-likeness (QED) is 0.814. The van der Waals surface area contributed by atoms with Gasteiger partial charge in [0.1, 0.15) is 5.60 Å². The number of nitrogens with two attached hydrogens (primary N) is 1. The molecule has 1 unspecified atom stereocenters. The van der Waals surface area contributed by atoms with E-state index in [1.165, 1.54) is 19.3 Å². The Labute approximate surface area is 108 Å². The van der Waals surface area contributed by atoms with Gasteiger partial charge in [-0.05, 0) is 38.5 Å². The molecule has 1 aromatic heterocycles. The van der Waals surface area contributed by atoms with E-state index in [2.05, 4.69) is 4.98 Å². The van der Waals surface area contributed by atoms with Crippen LogP contribution in [-0.4, -0.2) is 17.1 Å². The number of nitrogens with zero attached hydrogens (tertiary/aromatic N) is 2. The van der Waals surface area contributed by atoms with Crippen LogP contribution in [0.15, 0.2) is 6.20 Å². The summed E-state index contributed by atoms with van der Waals surface area (Å²) in [5.74, 6) is 0.865. The average Bonchev–Trinajstić information content (AvgIpc) is 2.51. The highest BCUT2D eigenvalue weighted by molar-refractivity contribution is 5.25. The zero-order valence-corrected chi connectivity index (χ0v) is 11.0. The van der Waals surface area contributed by atoms with Crippen molar-refractivity contribution in [1.29, 1.82) is 0 Å². The molecule has 1 heterocycles. The highest BCUT2D eigenvalue weighted by Gasteiger charge is 2.42. The second-order valence-electron chi connectivity index (χ2n) is 5.50. The van der Waals surface area contributed by atoms with E-state index in [0.29, 0.717) is 0 Å². The first-order valence-electron chi connectivity index (χ1n) is 6.92. The van der Waals surface area contributed by atoms with E-state index < -0.39 is 0 Å². The maximum atomic E-state index is 6.17. The summed E-state index contributed by atoms with van der Waals surface area (Å²) in [6.07, 6.45) is 9.64. The molecule has 4 heteroatoms. The van der Waals surface area contributed by atoms with Crippen molar-refractivity contribution in [2.45, 2.75) is 56.6 Å². The van der Waals surface area contributed by atoms with Crippen LogP contribution < -0.4 is 5.73 Å². The first-order chi connectivity index (χ1) is 8.75. The van der Waals surface area contributed by atoms with Crippen molar-refractivity contribution in [2.75, 3.05) is 7.11 Å². The smallest absolute Gasteiger partial charge is 0.160 e. The number of methoxy groups -OCH3 is 1. The number of aromatic nitrogens is 2. The van der Waals surface area contributed by atoms with E-state index in [0.717, 1.165) is 42.8 Å². The summed E-state index contributed by atoms with van der Waals surface area (Å²) < 4.78 is 5.65. The van der Waals surface area contributed by atoms with E-state index in [1.807, 2.05) is 6.20 Å². The Morgan fingerprint density at radius 1 is 1.33 bits per heavy atom. The Kier molecular flexibility index (Phi) is 3.08. The Morgan fingerprint density at radius 2 is 2.17 bits per heavy atom. The third-order valence-electron chi connectivity index (χ3n) is 4.44. The van der Waals surface area contributed by atoms with Crippen LogP contribution in [0.5, 0.6) is 0 Å². The van der Waals surface area contributed by atoms with Gasteiger partial charge in [-0.2, -0.15) is 0 Å². The summed E-state index contributed by atoms with van der Waals surface area (Å²) in [6, 6.07) is 0.108. The van der Waals surface area contributed by atoms with Crippen LogP contribution in [-0.2, 0) is 16.8 Å². The lowest BCUT2D eigenvalue weighted by Gasteiger charge is -2.39. The molecule has 1 fully saturated rings. The van der Waals surface area contributed by atoms with Gasteiger partial charge in [-0.15, -0.1) is 0 Å². The molecule has 18 heavy (non-hydrogen) atoms. The zero-order chi connectivity index (χ0) is 12.6. The van der Waals surface area contributed by atoms with Crippen molar-refractivity contribution in [3.63, 3.8) is 0 Å². The SMILES string of the molecule is COC1(c2ncc3c(n2)CCCCC3N)CCC1. The molecule has 0 radical (unpaired) electrons. The van der Waals surface area contributed by atoms with E-state index in [9.17, 15) is 0 Å². The minimum Gasteiger partial charge on any atom is -0.370 e. The molecular formula is C14H21N3O. The third-order valence-corrected chi connectivity index (χ3v) is 4.44. The standard InChI is InChI=1S/C14H21N3O/c1-18-14(7-4-8-14)13-16-9-10-11(15)5-2-3-6-12(10)17-13/h9,11H,2-8,15H2,1H3. The molecule has 0 saturated heterocycles. The van der Waals surface area contributed by atoms with Gasteiger partial charge in [0.15, 0.2) is 5.82 Å². The fourth-order valence-electron chi connectivity index (χ4n) is 2.99. The summed E-state index contributed by atoms with van der Waals surface area (Å²) in [6.45, 7) is 0. The Bertz CT molecular complexity index is 437. The van der Waals surface area contributed by atoms with Gasteiger partial charge >= 0.3 is 0 Å². The van der Waals surface area contributed by atoms with Gasteiger partial charge < -0.3 is 10.5 Å². The highest BCUT2D eigenvalue weighted by atomic mass is 16.5. The molecule has 1 atom stereocenters. The molecule has 0 bridgehead atoms. The lowest BCUT2D eigenvalue weighted by Crippen LogP contribution is -2.38. The second kappa shape index (κ2) is 4.59. The largest absolute Gasteiger partial charge is 0.370 e. The van der Waals surface area contributed by atoms with E-state index >= 15 is 0 Å². The van der Waals surface area contributed by atoms with Crippen molar-refractivity contribution in [1.82, 2.24) is 9.97 Å². The topological polar surface area (TPSA) is 61.0 Å². The summed E-state index contributed by atoms with van der Waals surface area (Å²) in [7, 11) is 1.76. The summed E-state index contributed by atoms with van der Waals surface area (Å²) in [5, 5.41) is 0. The fraction of sp³-hybridized carbons (Fsp3) is 0.714. The van der Waals surface area contributed by atoms with Gasteiger partial charge in [-0.3, -0.25) is 0 Å². The average molecular weight is 247 g/mol. The van der Waals surface area contributed by atoms with Crippen molar-refractivity contribution < 1.29 is 4.74 Å².